The highest BCUT2D eigenvalue weighted by atomic mass is 35.5. The molecule has 4 amide bonds. The van der Waals surface area contributed by atoms with Gasteiger partial charge in [0.1, 0.15) is 0 Å². The van der Waals surface area contributed by atoms with E-state index in [-0.39, 0.29) is 11.9 Å². The van der Waals surface area contributed by atoms with Crippen LogP contribution < -0.4 is 0 Å². The van der Waals surface area contributed by atoms with Crippen molar-refractivity contribution in [1.82, 2.24) is 19.7 Å². The van der Waals surface area contributed by atoms with E-state index in [1.165, 1.54) is 5.56 Å². The summed E-state index contributed by atoms with van der Waals surface area (Å²) in [6, 6.07) is 10.3. The smallest absolute Gasteiger partial charge is 0.325 e. The van der Waals surface area contributed by atoms with Crippen LogP contribution in [-0.4, -0.2) is 76.7 Å². The summed E-state index contributed by atoms with van der Waals surface area (Å²) in [4.78, 5) is 41.9. The Kier molecular flexibility index (Phi) is 8.31. The van der Waals surface area contributed by atoms with Crippen molar-refractivity contribution in [3.05, 3.63) is 75.4 Å². The zero-order chi connectivity index (χ0) is 24.6. The van der Waals surface area contributed by atoms with Gasteiger partial charge in [0.25, 0.3) is 0 Å². The fourth-order valence-electron chi connectivity index (χ4n) is 4.56. The first-order valence-corrected chi connectivity index (χ1v) is 12.0. The molecule has 10 nitrogen and oxygen atoms in total. The second-order valence-electron chi connectivity index (χ2n) is 8.64. The molecule has 0 unspecified atom stereocenters. The molecule has 2 aliphatic rings. The van der Waals surface area contributed by atoms with E-state index >= 15 is 0 Å². The lowest BCUT2D eigenvalue weighted by Crippen LogP contribution is -2.54. The van der Waals surface area contributed by atoms with Crippen molar-refractivity contribution in [3.63, 3.8) is 0 Å². The third-order valence-electron chi connectivity index (χ3n) is 6.44. The maximum absolute atomic E-state index is 13.1. The zero-order valence-electron chi connectivity index (χ0n) is 19.3. The summed E-state index contributed by atoms with van der Waals surface area (Å²) >= 11 is 6.01. The molecule has 2 saturated heterocycles. The van der Waals surface area contributed by atoms with E-state index in [1.54, 1.807) is 36.7 Å². The number of piperidine rings is 1. The van der Waals surface area contributed by atoms with Crippen LogP contribution in [0.15, 0.2) is 58.9 Å². The van der Waals surface area contributed by atoms with Gasteiger partial charge in [-0.05, 0) is 53.8 Å². The van der Waals surface area contributed by atoms with Crippen LogP contribution in [0.4, 0.5) is 9.59 Å². The number of carbonyl (C=O) groups excluding carboxylic acids is 2. The van der Waals surface area contributed by atoms with Gasteiger partial charge < -0.3 is 9.80 Å². The first-order chi connectivity index (χ1) is 17.0. The van der Waals surface area contributed by atoms with E-state index in [9.17, 15) is 9.59 Å². The molecule has 3 heterocycles. The fraction of sp³-hybridized carbons (Fsp3) is 0.417. The summed E-state index contributed by atoms with van der Waals surface area (Å²) in [6.45, 7) is 5.06. The number of likely N-dealkylation sites (tertiary alicyclic amines) is 1. The zero-order valence-corrected chi connectivity index (χ0v) is 20.1. The van der Waals surface area contributed by atoms with Gasteiger partial charge in [-0.25, -0.2) is 9.79 Å². The Morgan fingerprint density at radius 1 is 0.971 bits per heavy atom. The summed E-state index contributed by atoms with van der Waals surface area (Å²) in [6.07, 6.45) is 4.93. The standard InChI is InChI=1S/C24H27ClN8O2/c25-21-3-1-19(2-4-21)22(28-23(34)29-30-26)20-7-11-32(12-8-20)24(35)33-15-13-31(14-16-33)17-18-5-9-27-10-6-18/h1-6,9-10,20H,7-8,11-17H2/b28-22+. The van der Waals surface area contributed by atoms with Crippen LogP contribution in [0.25, 0.3) is 10.4 Å². The second kappa shape index (κ2) is 11.8. The highest BCUT2D eigenvalue weighted by Crippen LogP contribution is 2.25. The highest BCUT2D eigenvalue weighted by Gasteiger charge is 2.31. The molecule has 0 atom stereocenters. The maximum atomic E-state index is 13.1. The first kappa shape index (κ1) is 24.7. The molecule has 1 aromatic carbocycles. The number of piperazine rings is 1. The number of hydrogen-bond donors (Lipinski definition) is 0. The average Bonchev–Trinajstić information content (AvgIpc) is 2.89. The number of carbonyl (C=O) groups is 2. The predicted octanol–water partition coefficient (Wildman–Crippen LogP) is 4.60. The van der Waals surface area contributed by atoms with Crippen LogP contribution >= 0.6 is 11.6 Å². The Bertz CT molecular complexity index is 1100. The van der Waals surface area contributed by atoms with E-state index in [0.29, 0.717) is 49.8 Å². The lowest BCUT2D eigenvalue weighted by atomic mass is 9.88. The molecular formula is C24H27ClN8O2. The normalized spacial score (nSPS) is 17.7. The molecule has 182 valence electrons. The largest absolute Gasteiger partial charge is 0.334 e. The number of pyridine rings is 1. The van der Waals surface area contributed by atoms with Crippen LogP contribution in [0.2, 0.25) is 5.02 Å². The van der Waals surface area contributed by atoms with Gasteiger partial charge in [-0.1, -0.05) is 23.7 Å². The molecule has 0 N–H and O–H groups in total. The number of hydrogen-bond acceptors (Lipinski definition) is 4. The number of azide groups is 1. The van der Waals surface area contributed by atoms with E-state index in [0.717, 1.165) is 25.2 Å². The second-order valence-corrected chi connectivity index (χ2v) is 9.07. The van der Waals surface area contributed by atoms with Crippen molar-refractivity contribution in [1.29, 1.82) is 0 Å². The SMILES string of the molecule is [N-]=[N+]=NC(=O)/N=C(\c1ccc(Cl)cc1)C1CCN(C(=O)N2CCN(Cc3ccncc3)CC2)CC1. The Hall–Kier alpha value is -3.46. The van der Waals surface area contributed by atoms with Gasteiger partial charge in [0.2, 0.25) is 0 Å². The molecule has 1 aromatic heterocycles. The summed E-state index contributed by atoms with van der Waals surface area (Å²) in [5.41, 5.74) is 11.1. The number of nitrogens with zero attached hydrogens (tertiary/aromatic N) is 8. The van der Waals surface area contributed by atoms with Gasteiger partial charge in [0, 0.05) is 79.2 Å². The van der Waals surface area contributed by atoms with Crippen LogP contribution in [0, 0.1) is 5.92 Å². The Labute approximate surface area is 208 Å². The predicted molar refractivity (Wildman–Crippen MR) is 133 cm³/mol. The van der Waals surface area contributed by atoms with Crippen molar-refractivity contribution in [2.45, 2.75) is 19.4 Å². The summed E-state index contributed by atoms with van der Waals surface area (Å²) in [5.74, 6) is -0.0322. The number of aromatic nitrogens is 1. The molecule has 11 heteroatoms. The molecule has 35 heavy (non-hydrogen) atoms. The number of amides is 4. The number of aliphatic imine (C=N–C) groups is 1. The molecular weight excluding hydrogens is 468 g/mol. The van der Waals surface area contributed by atoms with Crippen molar-refractivity contribution in [2.75, 3.05) is 39.3 Å². The Morgan fingerprint density at radius 2 is 1.60 bits per heavy atom. The topological polar surface area (TPSA) is 118 Å². The molecule has 0 radical (unpaired) electrons. The lowest BCUT2D eigenvalue weighted by Gasteiger charge is -2.40. The minimum atomic E-state index is -0.874. The summed E-state index contributed by atoms with van der Waals surface area (Å²) in [7, 11) is 0. The van der Waals surface area contributed by atoms with Gasteiger partial charge in [-0.15, -0.1) is 0 Å². The molecule has 2 fully saturated rings. The van der Waals surface area contributed by atoms with Crippen molar-refractivity contribution in [3.8, 4) is 0 Å². The summed E-state index contributed by atoms with van der Waals surface area (Å²) < 4.78 is 0. The fourth-order valence-corrected chi connectivity index (χ4v) is 4.69. The van der Waals surface area contributed by atoms with E-state index in [2.05, 4.69) is 24.9 Å². The highest BCUT2D eigenvalue weighted by molar-refractivity contribution is 6.30. The minimum absolute atomic E-state index is 0.0322. The van der Waals surface area contributed by atoms with E-state index < -0.39 is 6.03 Å². The number of rotatable bonds is 4. The number of benzene rings is 1. The molecule has 2 aromatic rings. The van der Waals surface area contributed by atoms with Gasteiger partial charge in [-0.3, -0.25) is 14.7 Å². The lowest BCUT2D eigenvalue weighted by molar-refractivity contribution is 0.102. The molecule has 0 bridgehead atoms. The molecule has 4 rings (SSSR count). The van der Waals surface area contributed by atoms with E-state index in [4.69, 9.17) is 17.1 Å². The third kappa shape index (κ3) is 6.57. The third-order valence-corrected chi connectivity index (χ3v) is 6.69. The van der Waals surface area contributed by atoms with Gasteiger partial charge in [0.15, 0.2) is 0 Å². The molecule has 0 saturated carbocycles. The first-order valence-electron chi connectivity index (χ1n) is 11.6. The van der Waals surface area contributed by atoms with Crippen LogP contribution in [0.3, 0.4) is 0 Å². The van der Waals surface area contributed by atoms with E-state index in [1.807, 2.05) is 21.9 Å². The monoisotopic (exact) mass is 494 g/mol. The average molecular weight is 495 g/mol. The van der Waals surface area contributed by atoms with Crippen molar-refractivity contribution < 1.29 is 9.59 Å². The summed E-state index contributed by atoms with van der Waals surface area (Å²) in [5, 5.41) is 3.67. The van der Waals surface area contributed by atoms with Crippen LogP contribution in [0.1, 0.15) is 24.0 Å². The Morgan fingerprint density at radius 3 is 2.23 bits per heavy atom. The molecule has 0 aliphatic carbocycles. The quantitative estimate of drug-likeness (QED) is 0.267. The Balaban J connectivity index is 1.33. The van der Waals surface area contributed by atoms with Crippen molar-refractivity contribution >= 4 is 29.4 Å². The number of urea groups is 2. The van der Waals surface area contributed by atoms with Gasteiger partial charge >= 0.3 is 12.1 Å². The van der Waals surface area contributed by atoms with Gasteiger partial charge in [-0.2, -0.15) is 0 Å². The van der Waals surface area contributed by atoms with Gasteiger partial charge in [0.05, 0.1) is 5.71 Å². The van der Waals surface area contributed by atoms with Crippen LogP contribution in [0.5, 0.6) is 0 Å². The maximum Gasteiger partial charge on any atom is 0.334 e. The molecule has 0 spiro atoms. The minimum Gasteiger partial charge on any atom is -0.325 e. The number of halogens is 1. The van der Waals surface area contributed by atoms with Crippen LogP contribution in [-0.2, 0) is 6.54 Å². The van der Waals surface area contributed by atoms with Crippen molar-refractivity contribution in [2.24, 2.45) is 16.0 Å². The molecule has 2 aliphatic heterocycles.